The van der Waals surface area contributed by atoms with Gasteiger partial charge in [0.2, 0.25) is 0 Å². The van der Waals surface area contributed by atoms with Gasteiger partial charge in [-0.15, -0.1) is 0 Å². The topological polar surface area (TPSA) is 30.2 Å². The highest BCUT2D eigenvalue weighted by molar-refractivity contribution is 6.24. The molecule has 3 heteroatoms. The molecular formula is C28H25N3. The van der Waals surface area contributed by atoms with E-state index in [0.717, 1.165) is 11.0 Å². The largest absolute Gasteiger partial charge is 0.305 e. The second-order valence-electron chi connectivity index (χ2n) is 9.16. The number of fused-ring (bicyclic) bond motifs is 6. The van der Waals surface area contributed by atoms with Crippen molar-refractivity contribution in [2.24, 2.45) is 0 Å². The fourth-order valence-electron chi connectivity index (χ4n) is 5.27. The fourth-order valence-corrected chi connectivity index (χ4v) is 5.27. The summed E-state index contributed by atoms with van der Waals surface area (Å²) >= 11 is 0. The van der Waals surface area contributed by atoms with E-state index in [1.54, 1.807) is 0 Å². The summed E-state index contributed by atoms with van der Waals surface area (Å²) in [7, 11) is 0. The molecule has 31 heavy (non-hydrogen) atoms. The lowest BCUT2D eigenvalue weighted by Gasteiger charge is -2.20. The lowest BCUT2D eigenvalue weighted by molar-refractivity contribution is 0.838. The third-order valence-electron chi connectivity index (χ3n) is 6.66. The lowest BCUT2D eigenvalue weighted by atomic mass is 9.84. The van der Waals surface area contributed by atoms with Crippen LogP contribution in [0.25, 0.3) is 49.2 Å². The van der Waals surface area contributed by atoms with E-state index in [4.69, 9.17) is 0 Å². The first kappa shape index (κ1) is 18.3. The van der Waals surface area contributed by atoms with Gasteiger partial charge in [-0.25, -0.2) is 0 Å². The average molecular weight is 404 g/mol. The third kappa shape index (κ3) is 2.46. The maximum absolute atomic E-state index is 4.43. The van der Waals surface area contributed by atoms with Crippen LogP contribution in [0.3, 0.4) is 0 Å². The molecule has 3 nitrogen and oxygen atoms in total. The molecule has 0 aliphatic heterocycles. The summed E-state index contributed by atoms with van der Waals surface area (Å²) < 4.78 is 2.33. The van der Waals surface area contributed by atoms with Crippen LogP contribution in [-0.2, 0) is 0 Å². The van der Waals surface area contributed by atoms with E-state index in [9.17, 15) is 0 Å². The lowest BCUT2D eigenvalue weighted by Crippen LogP contribution is -1.99. The summed E-state index contributed by atoms with van der Waals surface area (Å²) in [6, 6.07) is 15.9. The highest BCUT2D eigenvalue weighted by Crippen LogP contribution is 2.43. The van der Waals surface area contributed by atoms with Gasteiger partial charge in [0.25, 0.3) is 0 Å². The molecule has 0 fully saturated rings. The summed E-state index contributed by atoms with van der Waals surface area (Å²) in [5.74, 6) is 0.917. The molecule has 152 valence electrons. The molecule has 0 aliphatic carbocycles. The Morgan fingerprint density at radius 1 is 0.677 bits per heavy atom. The Labute approximate surface area is 181 Å². The summed E-state index contributed by atoms with van der Waals surface area (Å²) in [5, 5.41) is 5.06. The van der Waals surface area contributed by atoms with Crippen molar-refractivity contribution in [1.29, 1.82) is 0 Å². The molecule has 0 saturated heterocycles. The van der Waals surface area contributed by atoms with E-state index < -0.39 is 0 Å². The number of benzene rings is 2. The molecule has 0 unspecified atom stereocenters. The van der Waals surface area contributed by atoms with Crippen LogP contribution < -0.4 is 0 Å². The van der Waals surface area contributed by atoms with Crippen molar-refractivity contribution in [3.05, 3.63) is 78.4 Å². The normalized spacial score (nSPS) is 12.5. The first-order valence-corrected chi connectivity index (χ1v) is 11.1. The Bertz CT molecular complexity index is 1480. The van der Waals surface area contributed by atoms with E-state index >= 15 is 0 Å². The minimum atomic E-state index is 0.458. The van der Waals surface area contributed by atoms with Gasteiger partial charge in [-0.1, -0.05) is 45.9 Å². The Morgan fingerprint density at radius 2 is 1.19 bits per heavy atom. The Kier molecular flexibility index (Phi) is 3.85. The number of hydrogen-bond acceptors (Lipinski definition) is 2. The number of aromatic nitrogens is 3. The molecule has 0 saturated carbocycles. The predicted molar refractivity (Wildman–Crippen MR) is 130 cm³/mol. The van der Waals surface area contributed by atoms with Crippen molar-refractivity contribution in [3.8, 4) is 11.1 Å². The molecule has 4 heterocycles. The molecule has 0 aliphatic rings. The van der Waals surface area contributed by atoms with Crippen LogP contribution in [0.2, 0.25) is 0 Å². The zero-order chi connectivity index (χ0) is 21.3. The smallest absolute Gasteiger partial charge is 0.0725 e. The van der Waals surface area contributed by atoms with Gasteiger partial charge >= 0.3 is 0 Å². The molecule has 0 atom stereocenters. The molecule has 0 radical (unpaired) electrons. The minimum Gasteiger partial charge on any atom is -0.305 e. The first-order valence-electron chi connectivity index (χ1n) is 11.1. The third-order valence-corrected chi connectivity index (χ3v) is 6.66. The zero-order valence-electron chi connectivity index (χ0n) is 18.3. The monoisotopic (exact) mass is 403 g/mol. The van der Waals surface area contributed by atoms with Crippen molar-refractivity contribution < 1.29 is 0 Å². The van der Waals surface area contributed by atoms with Crippen molar-refractivity contribution >= 4 is 38.1 Å². The molecule has 0 N–H and O–H groups in total. The van der Waals surface area contributed by atoms with Gasteiger partial charge in [0.1, 0.15) is 0 Å². The van der Waals surface area contributed by atoms with Gasteiger partial charge in [0.05, 0.1) is 28.9 Å². The maximum Gasteiger partial charge on any atom is 0.0725 e. The number of rotatable bonds is 3. The van der Waals surface area contributed by atoms with Crippen molar-refractivity contribution in [3.63, 3.8) is 0 Å². The maximum atomic E-state index is 4.43. The first-order chi connectivity index (χ1) is 15.1. The van der Waals surface area contributed by atoms with Crippen LogP contribution in [0, 0.1) is 0 Å². The fraction of sp³-hybridized carbons (Fsp3) is 0.214. The van der Waals surface area contributed by atoms with Gasteiger partial charge < -0.3 is 4.40 Å². The van der Waals surface area contributed by atoms with Gasteiger partial charge in [-0.3, -0.25) is 9.97 Å². The molecular weight excluding hydrogens is 378 g/mol. The highest BCUT2D eigenvalue weighted by Gasteiger charge is 2.21. The molecule has 0 bridgehead atoms. The number of nitrogens with zero attached hydrogens (tertiary/aromatic N) is 3. The van der Waals surface area contributed by atoms with E-state index in [2.05, 4.69) is 84.5 Å². The predicted octanol–water partition coefficient (Wildman–Crippen LogP) is 7.54. The van der Waals surface area contributed by atoms with E-state index in [-0.39, 0.29) is 0 Å². The highest BCUT2D eigenvalue weighted by atomic mass is 14.9. The molecule has 6 aromatic rings. The van der Waals surface area contributed by atoms with Crippen LogP contribution in [0.5, 0.6) is 0 Å². The number of pyridine rings is 2. The van der Waals surface area contributed by atoms with Gasteiger partial charge in [-0.05, 0) is 58.4 Å². The van der Waals surface area contributed by atoms with Gasteiger partial charge in [0, 0.05) is 33.9 Å². The van der Waals surface area contributed by atoms with Crippen LogP contribution in [0.1, 0.15) is 50.7 Å². The van der Waals surface area contributed by atoms with Crippen LogP contribution in [-0.4, -0.2) is 14.4 Å². The standard InChI is InChI=1S/C28H25N3/c1-16(2)19-6-5-7-20(17(3)4)27(19)18-12-23-21-8-10-29-14-25(21)31-26-15-30-11-9-22(26)24(13-18)28(23)31/h5-17H,1-4H3. The van der Waals surface area contributed by atoms with E-state index in [1.165, 1.54) is 49.3 Å². The summed E-state index contributed by atoms with van der Waals surface area (Å²) in [6.07, 6.45) is 7.74. The van der Waals surface area contributed by atoms with Crippen molar-refractivity contribution in [2.45, 2.75) is 39.5 Å². The molecule has 6 rings (SSSR count). The molecule has 0 amide bonds. The Morgan fingerprint density at radius 3 is 1.68 bits per heavy atom. The van der Waals surface area contributed by atoms with Crippen LogP contribution in [0.15, 0.2) is 67.3 Å². The zero-order valence-corrected chi connectivity index (χ0v) is 18.3. The van der Waals surface area contributed by atoms with Gasteiger partial charge in [0.15, 0.2) is 0 Å². The van der Waals surface area contributed by atoms with Crippen molar-refractivity contribution in [2.75, 3.05) is 0 Å². The van der Waals surface area contributed by atoms with Crippen LogP contribution in [0.4, 0.5) is 0 Å². The van der Waals surface area contributed by atoms with Gasteiger partial charge in [-0.2, -0.15) is 0 Å². The second kappa shape index (κ2) is 6.52. The van der Waals surface area contributed by atoms with E-state index in [0.29, 0.717) is 11.8 Å². The summed E-state index contributed by atoms with van der Waals surface area (Å²) in [4.78, 5) is 8.85. The Hall–Kier alpha value is -3.46. The molecule has 4 aromatic heterocycles. The van der Waals surface area contributed by atoms with Crippen LogP contribution >= 0.6 is 0 Å². The molecule has 0 spiro atoms. The summed E-state index contributed by atoms with van der Waals surface area (Å²) in [6.45, 7) is 9.16. The van der Waals surface area contributed by atoms with Crippen molar-refractivity contribution in [1.82, 2.24) is 14.4 Å². The second-order valence-corrected chi connectivity index (χ2v) is 9.16. The average Bonchev–Trinajstić information content (AvgIpc) is 3.30. The van der Waals surface area contributed by atoms with E-state index in [1.807, 2.05) is 24.8 Å². The minimum absolute atomic E-state index is 0.458. The summed E-state index contributed by atoms with van der Waals surface area (Å²) in [5.41, 5.74) is 9.07. The SMILES string of the molecule is CC(C)c1cccc(C(C)C)c1-c1cc2c3ccncc3n3c4cnccc4c(c1)c23. The quantitative estimate of drug-likeness (QED) is 0.305. The number of hydrogen-bond donors (Lipinski definition) is 0. The Balaban J connectivity index is 1.84. The molecule has 2 aromatic carbocycles.